The lowest BCUT2D eigenvalue weighted by Gasteiger charge is -2.14. The van der Waals surface area contributed by atoms with Crippen LogP contribution in [0.15, 0.2) is 24.3 Å². The molecule has 0 heterocycles. The Hall–Kier alpha value is -1.50. The standard InChI is InChI=1S/C14H18O3/c1-4-13(9-11(2)15)17-10-12-5-7-14(16-3)8-6-12/h1,5-8,11,13,15H,9-10H2,2-3H3/t11-,13?/m1/s1. The van der Waals surface area contributed by atoms with Crippen LogP contribution in [0.4, 0.5) is 0 Å². The molecule has 2 atom stereocenters. The van der Waals surface area contributed by atoms with E-state index in [2.05, 4.69) is 5.92 Å². The van der Waals surface area contributed by atoms with Gasteiger partial charge in [0.1, 0.15) is 11.9 Å². The molecule has 0 amide bonds. The number of hydrogen-bond acceptors (Lipinski definition) is 3. The second kappa shape index (κ2) is 6.95. The van der Waals surface area contributed by atoms with Gasteiger partial charge in [-0.15, -0.1) is 6.42 Å². The number of methoxy groups -OCH3 is 1. The number of ether oxygens (including phenoxy) is 2. The number of hydrogen-bond donors (Lipinski definition) is 1. The van der Waals surface area contributed by atoms with Gasteiger partial charge in [0.2, 0.25) is 0 Å². The van der Waals surface area contributed by atoms with Crippen molar-refractivity contribution in [3.63, 3.8) is 0 Å². The summed E-state index contributed by atoms with van der Waals surface area (Å²) in [5, 5.41) is 9.23. The maximum Gasteiger partial charge on any atom is 0.120 e. The first kappa shape index (κ1) is 13.6. The number of aliphatic hydroxyl groups excluding tert-OH is 1. The second-order valence-electron chi connectivity index (χ2n) is 3.90. The number of aliphatic hydroxyl groups is 1. The molecule has 0 saturated heterocycles. The van der Waals surface area contributed by atoms with E-state index in [-0.39, 0.29) is 6.10 Å². The molecule has 0 radical (unpaired) electrons. The average Bonchev–Trinajstić information content (AvgIpc) is 2.34. The van der Waals surface area contributed by atoms with Gasteiger partial charge >= 0.3 is 0 Å². The summed E-state index contributed by atoms with van der Waals surface area (Å²) >= 11 is 0. The smallest absolute Gasteiger partial charge is 0.120 e. The monoisotopic (exact) mass is 234 g/mol. The molecule has 0 aliphatic rings. The number of terminal acetylenes is 1. The zero-order valence-corrected chi connectivity index (χ0v) is 10.2. The molecule has 0 aliphatic heterocycles. The van der Waals surface area contributed by atoms with Crippen molar-refractivity contribution in [3.05, 3.63) is 29.8 Å². The molecule has 0 fully saturated rings. The molecular formula is C14H18O3. The Morgan fingerprint density at radius 3 is 2.47 bits per heavy atom. The summed E-state index contributed by atoms with van der Waals surface area (Å²) < 4.78 is 10.6. The van der Waals surface area contributed by atoms with Gasteiger partial charge in [-0.2, -0.15) is 0 Å². The van der Waals surface area contributed by atoms with Crippen molar-refractivity contribution >= 4 is 0 Å². The summed E-state index contributed by atoms with van der Waals surface area (Å²) in [4.78, 5) is 0. The minimum absolute atomic E-state index is 0.350. The first-order chi connectivity index (χ1) is 8.15. The van der Waals surface area contributed by atoms with Crippen LogP contribution < -0.4 is 4.74 Å². The van der Waals surface area contributed by atoms with Crippen LogP contribution in [-0.2, 0) is 11.3 Å². The van der Waals surface area contributed by atoms with E-state index in [1.807, 2.05) is 24.3 Å². The minimum atomic E-state index is -0.452. The quantitative estimate of drug-likeness (QED) is 0.765. The van der Waals surface area contributed by atoms with E-state index in [4.69, 9.17) is 15.9 Å². The van der Waals surface area contributed by atoms with Gasteiger partial charge < -0.3 is 14.6 Å². The normalized spacial score (nSPS) is 13.8. The molecule has 3 heteroatoms. The third-order valence-electron chi connectivity index (χ3n) is 2.35. The Morgan fingerprint density at radius 1 is 1.35 bits per heavy atom. The highest BCUT2D eigenvalue weighted by molar-refractivity contribution is 5.26. The topological polar surface area (TPSA) is 38.7 Å². The van der Waals surface area contributed by atoms with E-state index in [0.29, 0.717) is 13.0 Å². The SMILES string of the molecule is C#CC(C[C@@H](C)O)OCc1ccc(OC)cc1. The van der Waals surface area contributed by atoms with E-state index in [1.165, 1.54) is 0 Å². The molecule has 3 nitrogen and oxygen atoms in total. The Balaban J connectivity index is 2.45. The van der Waals surface area contributed by atoms with Crippen LogP contribution in [0.5, 0.6) is 5.75 Å². The van der Waals surface area contributed by atoms with E-state index >= 15 is 0 Å². The zero-order valence-electron chi connectivity index (χ0n) is 10.2. The molecule has 1 aromatic carbocycles. The summed E-state index contributed by atoms with van der Waals surface area (Å²) in [5.41, 5.74) is 1.02. The molecule has 17 heavy (non-hydrogen) atoms. The van der Waals surface area contributed by atoms with Crippen LogP contribution in [0.25, 0.3) is 0 Å². The van der Waals surface area contributed by atoms with Gasteiger partial charge in [-0.05, 0) is 24.6 Å². The van der Waals surface area contributed by atoms with Crippen LogP contribution in [0.1, 0.15) is 18.9 Å². The molecule has 1 unspecified atom stereocenters. The highest BCUT2D eigenvalue weighted by Gasteiger charge is 2.09. The van der Waals surface area contributed by atoms with E-state index in [9.17, 15) is 5.11 Å². The van der Waals surface area contributed by atoms with Crippen molar-refractivity contribution < 1.29 is 14.6 Å². The lowest BCUT2D eigenvalue weighted by molar-refractivity contribution is 0.0411. The van der Waals surface area contributed by atoms with Crippen LogP contribution in [0, 0.1) is 12.3 Å². The molecule has 0 aliphatic carbocycles. The second-order valence-corrected chi connectivity index (χ2v) is 3.90. The van der Waals surface area contributed by atoms with E-state index < -0.39 is 6.10 Å². The molecule has 0 bridgehead atoms. The molecular weight excluding hydrogens is 216 g/mol. The highest BCUT2D eigenvalue weighted by Crippen LogP contribution is 2.13. The van der Waals surface area contributed by atoms with Gasteiger partial charge in [0, 0.05) is 6.42 Å². The zero-order chi connectivity index (χ0) is 12.7. The van der Waals surface area contributed by atoms with E-state index in [0.717, 1.165) is 11.3 Å². The average molecular weight is 234 g/mol. The van der Waals surface area contributed by atoms with Crippen LogP contribution >= 0.6 is 0 Å². The fraction of sp³-hybridized carbons (Fsp3) is 0.429. The largest absolute Gasteiger partial charge is 0.497 e. The summed E-state index contributed by atoms with van der Waals surface area (Å²) in [6.07, 6.45) is 4.97. The first-order valence-corrected chi connectivity index (χ1v) is 5.54. The minimum Gasteiger partial charge on any atom is -0.497 e. The van der Waals surface area contributed by atoms with Gasteiger partial charge in [-0.25, -0.2) is 0 Å². The molecule has 1 rings (SSSR count). The third kappa shape index (κ3) is 4.90. The summed E-state index contributed by atoms with van der Waals surface area (Å²) in [6.45, 7) is 2.13. The lowest BCUT2D eigenvalue weighted by Crippen LogP contribution is -2.17. The first-order valence-electron chi connectivity index (χ1n) is 5.54. The van der Waals surface area contributed by atoms with Crippen molar-refractivity contribution in [2.24, 2.45) is 0 Å². The van der Waals surface area contributed by atoms with Gasteiger partial charge in [0.25, 0.3) is 0 Å². The molecule has 0 aromatic heterocycles. The van der Waals surface area contributed by atoms with Crippen LogP contribution in [0.2, 0.25) is 0 Å². The third-order valence-corrected chi connectivity index (χ3v) is 2.35. The van der Waals surface area contributed by atoms with Crippen molar-refractivity contribution in [2.75, 3.05) is 7.11 Å². The van der Waals surface area contributed by atoms with Crippen LogP contribution in [0.3, 0.4) is 0 Å². The van der Waals surface area contributed by atoms with Gasteiger partial charge in [-0.1, -0.05) is 18.1 Å². The van der Waals surface area contributed by atoms with Crippen molar-refractivity contribution in [2.45, 2.75) is 32.2 Å². The fourth-order valence-corrected chi connectivity index (χ4v) is 1.41. The molecule has 0 spiro atoms. The number of rotatable bonds is 6. The summed E-state index contributed by atoms with van der Waals surface area (Å²) in [5.74, 6) is 3.33. The Kier molecular flexibility index (Phi) is 5.55. The maximum atomic E-state index is 9.23. The predicted octanol–water partition coefficient (Wildman–Crippen LogP) is 1.98. The van der Waals surface area contributed by atoms with Crippen LogP contribution in [-0.4, -0.2) is 24.4 Å². The van der Waals surface area contributed by atoms with Crippen molar-refractivity contribution in [3.8, 4) is 18.1 Å². The van der Waals surface area contributed by atoms with E-state index in [1.54, 1.807) is 14.0 Å². The Labute approximate surface area is 102 Å². The van der Waals surface area contributed by atoms with Gasteiger partial charge in [-0.3, -0.25) is 0 Å². The van der Waals surface area contributed by atoms with Gasteiger partial charge in [0.15, 0.2) is 0 Å². The molecule has 1 aromatic rings. The van der Waals surface area contributed by atoms with Crippen molar-refractivity contribution in [1.82, 2.24) is 0 Å². The Morgan fingerprint density at radius 2 is 2.00 bits per heavy atom. The molecule has 1 N–H and O–H groups in total. The van der Waals surface area contributed by atoms with Crippen molar-refractivity contribution in [1.29, 1.82) is 0 Å². The summed E-state index contributed by atoms with van der Waals surface area (Å²) in [7, 11) is 1.63. The molecule has 92 valence electrons. The highest BCUT2D eigenvalue weighted by atomic mass is 16.5. The lowest BCUT2D eigenvalue weighted by atomic mass is 10.2. The number of benzene rings is 1. The Bertz CT molecular complexity index is 362. The summed E-state index contributed by atoms with van der Waals surface area (Å²) in [6, 6.07) is 7.60. The predicted molar refractivity (Wildman–Crippen MR) is 66.7 cm³/mol. The fourth-order valence-electron chi connectivity index (χ4n) is 1.41. The maximum absolute atomic E-state index is 9.23. The van der Waals surface area contributed by atoms with Gasteiger partial charge in [0.05, 0.1) is 19.8 Å². The molecule has 0 saturated carbocycles.